The number of aryl methyl sites for hydroxylation is 1. The molecule has 0 aromatic heterocycles. The Morgan fingerprint density at radius 2 is 1.86 bits per heavy atom. The zero-order valence-corrected chi connectivity index (χ0v) is 18.3. The number of ketones is 1. The molecule has 3 fully saturated rings. The second kappa shape index (κ2) is 6.49. The lowest BCUT2D eigenvalue weighted by Crippen LogP contribution is -2.51. The first-order chi connectivity index (χ1) is 13.8. The minimum Gasteiger partial charge on any atom is -0.299 e. The monoisotopic (exact) mass is 393 g/mol. The minimum absolute atomic E-state index is 0.116. The fraction of sp³-hybridized carbons (Fsp3) is 0.731. The Hall–Kier alpha value is -1.51. The lowest BCUT2D eigenvalue weighted by atomic mass is 9.47. The summed E-state index contributed by atoms with van der Waals surface area (Å²) in [5.41, 5.74) is 4.53. The quantitative estimate of drug-likeness (QED) is 0.533. The summed E-state index contributed by atoms with van der Waals surface area (Å²) in [6.07, 6.45) is 10.6. The van der Waals surface area contributed by atoms with Crippen LogP contribution in [0.5, 0.6) is 0 Å². The number of carbonyl (C=O) groups excluding carboxylic acids is 1. The topological polar surface area (TPSA) is 46.5 Å². The van der Waals surface area contributed by atoms with Crippen LogP contribution in [0.2, 0.25) is 0 Å². The van der Waals surface area contributed by atoms with Crippen molar-refractivity contribution in [3.05, 3.63) is 39.8 Å². The van der Waals surface area contributed by atoms with E-state index in [1.807, 2.05) is 0 Å². The van der Waals surface area contributed by atoms with Crippen LogP contribution in [-0.4, -0.2) is 5.78 Å². The number of Topliss-reactive ketones (excluding diaryl/α,β-unsaturated/α-hetero) is 1. The van der Waals surface area contributed by atoms with E-state index in [-0.39, 0.29) is 17.4 Å². The zero-order chi connectivity index (χ0) is 20.4. The molecule has 29 heavy (non-hydrogen) atoms. The van der Waals surface area contributed by atoms with Gasteiger partial charge in [-0.1, -0.05) is 44.1 Å². The largest absolute Gasteiger partial charge is 0.299 e. The van der Waals surface area contributed by atoms with Gasteiger partial charge in [-0.2, -0.15) is 4.91 Å². The van der Waals surface area contributed by atoms with Crippen LogP contribution in [0.15, 0.2) is 23.4 Å². The van der Waals surface area contributed by atoms with Gasteiger partial charge in [-0.05, 0) is 96.6 Å². The highest BCUT2D eigenvalue weighted by Gasteiger charge is 2.63. The smallest absolute Gasteiger partial charge is 0.139 e. The minimum atomic E-state index is -0.116. The van der Waals surface area contributed by atoms with Crippen molar-refractivity contribution in [1.82, 2.24) is 0 Å². The van der Waals surface area contributed by atoms with Gasteiger partial charge in [0.2, 0.25) is 0 Å². The molecule has 0 aliphatic heterocycles. The molecule has 0 bridgehead atoms. The number of carbonyl (C=O) groups is 1. The molecule has 4 aliphatic rings. The molecule has 3 heteroatoms. The molecule has 5 atom stereocenters. The number of hydrogen-bond donors (Lipinski definition) is 0. The van der Waals surface area contributed by atoms with E-state index in [1.54, 1.807) is 5.56 Å². The summed E-state index contributed by atoms with van der Waals surface area (Å²) in [5, 5.41) is 3.08. The molecule has 0 saturated heterocycles. The normalized spacial score (nSPS) is 40.2. The number of hydrogen-bond acceptors (Lipinski definition) is 3. The highest BCUT2D eigenvalue weighted by molar-refractivity contribution is 5.85. The van der Waals surface area contributed by atoms with Crippen LogP contribution in [0.3, 0.4) is 0 Å². The molecule has 5 rings (SSSR count). The van der Waals surface area contributed by atoms with E-state index in [1.165, 1.54) is 44.1 Å². The van der Waals surface area contributed by atoms with Gasteiger partial charge in [-0.3, -0.25) is 4.79 Å². The van der Waals surface area contributed by atoms with Crippen molar-refractivity contribution in [2.45, 2.75) is 91.0 Å². The second-order valence-electron chi connectivity index (χ2n) is 11.5. The van der Waals surface area contributed by atoms with Gasteiger partial charge in [0.15, 0.2) is 0 Å². The van der Waals surface area contributed by atoms with Crippen molar-refractivity contribution in [2.24, 2.45) is 33.3 Å². The van der Waals surface area contributed by atoms with Crippen molar-refractivity contribution < 1.29 is 4.79 Å². The van der Waals surface area contributed by atoms with Gasteiger partial charge in [-0.15, -0.1) is 0 Å². The first kappa shape index (κ1) is 19.5. The number of benzene rings is 1. The molecule has 156 valence electrons. The predicted molar refractivity (Wildman–Crippen MR) is 116 cm³/mol. The van der Waals surface area contributed by atoms with Gasteiger partial charge in [0, 0.05) is 11.8 Å². The van der Waals surface area contributed by atoms with Crippen molar-refractivity contribution >= 4 is 5.78 Å². The van der Waals surface area contributed by atoms with Gasteiger partial charge in [0.1, 0.15) is 12.3 Å². The lowest BCUT2D eigenvalue weighted by molar-refractivity contribution is -0.141. The summed E-state index contributed by atoms with van der Waals surface area (Å²) in [4.78, 5) is 23.7. The van der Waals surface area contributed by atoms with Gasteiger partial charge >= 0.3 is 0 Å². The van der Waals surface area contributed by atoms with Gasteiger partial charge in [0.25, 0.3) is 0 Å². The van der Waals surface area contributed by atoms with Crippen molar-refractivity contribution in [2.75, 3.05) is 0 Å². The molecule has 0 radical (unpaired) electrons. The summed E-state index contributed by atoms with van der Waals surface area (Å²) in [6.45, 7) is 7.15. The van der Waals surface area contributed by atoms with Gasteiger partial charge < -0.3 is 0 Å². The van der Waals surface area contributed by atoms with E-state index >= 15 is 0 Å². The molecule has 0 heterocycles. The molecular weight excluding hydrogens is 358 g/mol. The van der Waals surface area contributed by atoms with Crippen LogP contribution < -0.4 is 0 Å². The van der Waals surface area contributed by atoms with Crippen LogP contribution in [-0.2, 0) is 17.8 Å². The fourth-order valence-electron chi connectivity index (χ4n) is 8.06. The average molecular weight is 394 g/mol. The molecule has 3 saturated carbocycles. The predicted octanol–water partition coefficient (Wildman–Crippen LogP) is 6.57. The molecule has 0 N–H and O–H groups in total. The third-order valence-corrected chi connectivity index (χ3v) is 10.1. The zero-order valence-electron chi connectivity index (χ0n) is 18.3. The number of fused-ring (bicyclic) bond motifs is 6. The summed E-state index contributed by atoms with van der Waals surface area (Å²) < 4.78 is 0. The van der Waals surface area contributed by atoms with E-state index in [2.05, 4.69) is 44.1 Å². The van der Waals surface area contributed by atoms with Crippen LogP contribution in [0.1, 0.15) is 94.7 Å². The van der Waals surface area contributed by atoms with E-state index in [0.29, 0.717) is 17.1 Å². The Morgan fingerprint density at radius 3 is 2.62 bits per heavy atom. The van der Waals surface area contributed by atoms with Crippen LogP contribution in [0.4, 0.5) is 0 Å². The maximum absolute atomic E-state index is 13.0. The highest BCUT2D eigenvalue weighted by atomic mass is 16.3. The van der Waals surface area contributed by atoms with Crippen LogP contribution >= 0.6 is 0 Å². The van der Waals surface area contributed by atoms with E-state index in [4.69, 9.17) is 0 Å². The number of nitrogens with zero attached hydrogens (tertiary/aromatic N) is 1. The summed E-state index contributed by atoms with van der Waals surface area (Å²) in [7, 11) is 0. The van der Waals surface area contributed by atoms with E-state index in [0.717, 1.165) is 36.7 Å². The van der Waals surface area contributed by atoms with Gasteiger partial charge in [0.05, 0.1) is 0 Å². The maximum atomic E-state index is 13.0. The Labute approximate surface area is 175 Å². The average Bonchev–Trinajstić information content (AvgIpc) is 2.98. The molecule has 4 aliphatic carbocycles. The molecule has 1 spiro atoms. The Kier molecular flexibility index (Phi) is 4.35. The molecular formula is C26H35NO2. The molecule has 1 aromatic carbocycles. The van der Waals surface area contributed by atoms with Gasteiger partial charge in [-0.25, -0.2) is 0 Å². The molecule has 3 nitrogen and oxygen atoms in total. The van der Waals surface area contributed by atoms with Crippen LogP contribution in [0.25, 0.3) is 0 Å². The highest BCUT2D eigenvalue weighted by Crippen LogP contribution is 2.71. The first-order valence-electron chi connectivity index (χ1n) is 11.7. The summed E-state index contributed by atoms with van der Waals surface area (Å²) in [6, 6.07) is 6.65. The fourth-order valence-corrected chi connectivity index (χ4v) is 8.06. The third kappa shape index (κ3) is 2.72. The molecule has 3 unspecified atom stereocenters. The van der Waals surface area contributed by atoms with E-state index < -0.39 is 0 Å². The second-order valence-corrected chi connectivity index (χ2v) is 11.5. The van der Waals surface area contributed by atoms with Crippen LogP contribution in [0, 0.1) is 33.0 Å². The lowest BCUT2D eigenvalue weighted by Gasteiger charge is -2.57. The van der Waals surface area contributed by atoms with Crippen molar-refractivity contribution in [1.29, 1.82) is 0 Å². The first-order valence-corrected chi connectivity index (χ1v) is 11.7. The maximum Gasteiger partial charge on any atom is 0.139 e. The summed E-state index contributed by atoms with van der Waals surface area (Å²) >= 11 is 0. The Morgan fingerprint density at radius 1 is 1.03 bits per heavy atom. The Balaban J connectivity index is 1.44. The van der Waals surface area contributed by atoms with Crippen molar-refractivity contribution in [3.63, 3.8) is 0 Å². The number of rotatable bonds is 2. The summed E-state index contributed by atoms with van der Waals surface area (Å²) in [5.74, 6) is 2.71. The van der Waals surface area contributed by atoms with Crippen molar-refractivity contribution in [3.8, 4) is 0 Å². The Bertz CT molecular complexity index is 858. The number of nitroso groups, excluding NO2 is 1. The SMILES string of the molecule is CC1(C)CC[C@@]2(CCC3C4CCc5cc(CN=O)ccc5C4CC[C@@]32C)CC1=O. The third-order valence-electron chi connectivity index (χ3n) is 10.1. The molecule has 1 aromatic rings. The standard InChI is InChI=1S/C26H35NO2/c1-24(2)12-13-26(15-23(24)28)11-9-22-21-7-5-18-14-17(16-27-29)4-6-19(18)20(21)8-10-25(22,26)3/h4,6,14,20-22H,5,7-13,15-16H2,1-3H3/t20?,21?,22?,25-,26-/m0/s1. The van der Waals surface area contributed by atoms with E-state index in [9.17, 15) is 9.70 Å². The molecule has 0 amide bonds.